The second-order valence-corrected chi connectivity index (χ2v) is 6.32. The van der Waals surface area contributed by atoms with Gasteiger partial charge in [0.05, 0.1) is 0 Å². The number of carbonyl (C=O) groups excluding carboxylic acids is 1. The number of halogens is 1. The van der Waals surface area contributed by atoms with Crippen LogP contribution in [0.25, 0.3) is 0 Å². The summed E-state index contributed by atoms with van der Waals surface area (Å²) in [5, 5.41) is 3.55. The van der Waals surface area contributed by atoms with Crippen molar-refractivity contribution in [2.45, 2.75) is 38.6 Å². The molecule has 0 radical (unpaired) electrons. The third-order valence-electron chi connectivity index (χ3n) is 4.82. The maximum atomic E-state index is 13.3. The van der Waals surface area contributed by atoms with Crippen molar-refractivity contribution in [3.8, 4) is 0 Å². The van der Waals surface area contributed by atoms with Gasteiger partial charge in [0.25, 0.3) is 5.91 Å². The van der Waals surface area contributed by atoms with Gasteiger partial charge >= 0.3 is 0 Å². The maximum absolute atomic E-state index is 13.3. The molecule has 2 atom stereocenters. The van der Waals surface area contributed by atoms with Crippen molar-refractivity contribution >= 4 is 5.91 Å². The molecule has 2 unspecified atom stereocenters. The number of nitrogens with one attached hydrogen (secondary N) is 1. The topological polar surface area (TPSA) is 32.3 Å². The number of rotatable bonds is 2. The highest BCUT2D eigenvalue weighted by molar-refractivity contribution is 5.94. The summed E-state index contributed by atoms with van der Waals surface area (Å²) >= 11 is 0. The molecule has 0 spiro atoms. The predicted molar refractivity (Wildman–Crippen MR) is 80.8 cm³/mol. The highest BCUT2D eigenvalue weighted by Crippen LogP contribution is 2.26. The molecule has 1 aromatic carbocycles. The van der Waals surface area contributed by atoms with Crippen LogP contribution in [0.2, 0.25) is 0 Å². The van der Waals surface area contributed by atoms with Crippen LogP contribution in [0.15, 0.2) is 18.2 Å². The van der Waals surface area contributed by atoms with Gasteiger partial charge < -0.3 is 10.2 Å². The van der Waals surface area contributed by atoms with Crippen LogP contribution in [0, 0.1) is 18.7 Å². The van der Waals surface area contributed by atoms with Crippen molar-refractivity contribution in [2.24, 2.45) is 5.92 Å². The third-order valence-corrected chi connectivity index (χ3v) is 4.82. The number of hydrogen-bond donors (Lipinski definition) is 1. The first-order chi connectivity index (χ1) is 10.1. The van der Waals surface area contributed by atoms with Gasteiger partial charge in [-0.25, -0.2) is 4.39 Å². The fraction of sp³-hybridized carbons (Fsp3) is 0.588. The molecule has 2 saturated heterocycles. The number of amides is 1. The Morgan fingerprint density at radius 1 is 1.33 bits per heavy atom. The van der Waals surface area contributed by atoms with Crippen LogP contribution >= 0.6 is 0 Å². The van der Waals surface area contributed by atoms with Gasteiger partial charge in [0.1, 0.15) is 5.82 Å². The molecule has 1 N–H and O–H groups in total. The Labute approximate surface area is 125 Å². The van der Waals surface area contributed by atoms with Crippen molar-refractivity contribution in [1.29, 1.82) is 0 Å². The molecule has 2 heterocycles. The van der Waals surface area contributed by atoms with Crippen LogP contribution in [0.3, 0.4) is 0 Å². The van der Waals surface area contributed by atoms with Gasteiger partial charge in [-0.15, -0.1) is 0 Å². The number of nitrogens with zero attached hydrogens (tertiary/aromatic N) is 1. The van der Waals surface area contributed by atoms with E-state index in [4.69, 9.17) is 0 Å². The lowest BCUT2D eigenvalue weighted by Crippen LogP contribution is -2.45. The molecular weight excluding hydrogens is 267 g/mol. The monoisotopic (exact) mass is 290 g/mol. The quantitative estimate of drug-likeness (QED) is 0.908. The second kappa shape index (κ2) is 6.14. The van der Waals surface area contributed by atoms with Gasteiger partial charge in [-0.2, -0.15) is 0 Å². The first kappa shape index (κ1) is 14.5. The average Bonchev–Trinajstić information content (AvgIpc) is 3.04. The Morgan fingerprint density at radius 2 is 2.19 bits per heavy atom. The predicted octanol–water partition coefficient (Wildman–Crippen LogP) is 2.74. The van der Waals surface area contributed by atoms with E-state index in [0.29, 0.717) is 23.1 Å². The van der Waals surface area contributed by atoms with E-state index >= 15 is 0 Å². The van der Waals surface area contributed by atoms with Gasteiger partial charge in [-0.1, -0.05) is 0 Å². The fourth-order valence-electron chi connectivity index (χ4n) is 3.60. The van der Waals surface area contributed by atoms with Crippen LogP contribution in [0.5, 0.6) is 0 Å². The van der Waals surface area contributed by atoms with Crippen LogP contribution in [-0.2, 0) is 0 Å². The second-order valence-electron chi connectivity index (χ2n) is 6.32. The van der Waals surface area contributed by atoms with Crippen molar-refractivity contribution in [3.63, 3.8) is 0 Å². The molecule has 3 nitrogen and oxygen atoms in total. The molecule has 0 saturated carbocycles. The van der Waals surface area contributed by atoms with E-state index in [9.17, 15) is 9.18 Å². The maximum Gasteiger partial charge on any atom is 0.253 e. The lowest BCUT2D eigenvalue weighted by Gasteiger charge is -2.36. The summed E-state index contributed by atoms with van der Waals surface area (Å²) in [7, 11) is 0. The van der Waals surface area contributed by atoms with Crippen molar-refractivity contribution in [1.82, 2.24) is 10.2 Å². The normalized spacial score (nSPS) is 26.1. The molecule has 1 amide bonds. The highest BCUT2D eigenvalue weighted by atomic mass is 19.1. The molecule has 114 valence electrons. The first-order valence-electron chi connectivity index (χ1n) is 7.94. The van der Waals surface area contributed by atoms with Gasteiger partial charge in [-0.05, 0) is 68.8 Å². The average molecular weight is 290 g/mol. The minimum atomic E-state index is -0.252. The smallest absolute Gasteiger partial charge is 0.253 e. The van der Waals surface area contributed by atoms with Crippen molar-refractivity contribution in [2.75, 3.05) is 19.6 Å². The summed E-state index contributed by atoms with van der Waals surface area (Å²) in [5.74, 6) is 0.353. The lowest BCUT2D eigenvalue weighted by molar-refractivity contribution is 0.0651. The van der Waals surface area contributed by atoms with Crippen LogP contribution < -0.4 is 5.32 Å². The van der Waals surface area contributed by atoms with E-state index in [2.05, 4.69) is 5.32 Å². The Morgan fingerprint density at radius 3 is 2.90 bits per heavy atom. The molecule has 2 aliphatic heterocycles. The zero-order valence-electron chi connectivity index (χ0n) is 12.6. The molecule has 0 aromatic heterocycles. The zero-order valence-corrected chi connectivity index (χ0v) is 12.6. The molecular formula is C17H23FN2O. The summed E-state index contributed by atoms with van der Waals surface area (Å²) in [4.78, 5) is 14.6. The zero-order chi connectivity index (χ0) is 14.8. The Hall–Kier alpha value is -1.42. The van der Waals surface area contributed by atoms with Gasteiger partial charge in [-0.3, -0.25) is 4.79 Å². The minimum absolute atomic E-state index is 0.0424. The summed E-state index contributed by atoms with van der Waals surface area (Å²) in [6.45, 7) is 4.45. The van der Waals surface area contributed by atoms with Crippen LogP contribution in [0.4, 0.5) is 4.39 Å². The summed E-state index contributed by atoms with van der Waals surface area (Å²) in [6.07, 6.45) is 4.73. The first-order valence-corrected chi connectivity index (χ1v) is 7.94. The number of likely N-dealkylation sites (tertiary alicyclic amines) is 1. The molecule has 0 aliphatic carbocycles. The molecule has 2 fully saturated rings. The molecule has 4 heteroatoms. The molecule has 3 rings (SSSR count). The van der Waals surface area contributed by atoms with Crippen molar-refractivity contribution in [3.05, 3.63) is 35.1 Å². The van der Waals surface area contributed by atoms with E-state index in [1.807, 2.05) is 4.90 Å². The van der Waals surface area contributed by atoms with E-state index < -0.39 is 0 Å². The standard InChI is InChI=1S/C17H23FN2O/c1-12-10-13(6-7-15(12)18)17(21)20-9-3-4-14(11-20)16-5-2-8-19-16/h6-7,10,14,16,19H,2-5,8-9,11H2,1H3. The van der Waals surface area contributed by atoms with E-state index in [0.717, 1.165) is 26.1 Å². The minimum Gasteiger partial charge on any atom is -0.338 e. The SMILES string of the molecule is Cc1cc(C(=O)N2CCCC(C3CCCN3)C2)ccc1F. The number of benzene rings is 1. The van der Waals surface area contributed by atoms with Gasteiger partial charge in [0.15, 0.2) is 0 Å². The number of aryl methyl sites for hydroxylation is 1. The molecule has 0 bridgehead atoms. The Balaban J connectivity index is 1.70. The summed E-state index contributed by atoms with van der Waals surface area (Å²) in [6, 6.07) is 5.22. The molecule has 2 aliphatic rings. The summed E-state index contributed by atoms with van der Waals surface area (Å²) < 4.78 is 13.3. The Kier molecular flexibility index (Phi) is 4.24. The van der Waals surface area contributed by atoms with Crippen LogP contribution in [-0.4, -0.2) is 36.5 Å². The lowest BCUT2D eigenvalue weighted by atomic mass is 9.89. The largest absolute Gasteiger partial charge is 0.338 e. The van der Waals surface area contributed by atoms with E-state index in [-0.39, 0.29) is 11.7 Å². The summed E-state index contributed by atoms with van der Waals surface area (Å²) in [5.41, 5.74) is 1.14. The molecule has 1 aromatic rings. The number of piperidine rings is 1. The van der Waals surface area contributed by atoms with Crippen molar-refractivity contribution < 1.29 is 9.18 Å². The number of carbonyl (C=O) groups is 1. The fourth-order valence-corrected chi connectivity index (χ4v) is 3.60. The number of hydrogen-bond acceptors (Lipinski definition) is 2. The molecule has 21 heavy (non-hydrogen) atoms. The Bertz CT molecular complexity index is 526. The van der Waals surface area contributed by atoms with Gasteiger partial charge in [0.2, 0.25) is 0 Å². The van der Waals surface area contributed by atoms with Gasteiger partial charge in [0, 0.05) is 24.7 Å². The highest BCUT2D eigenvalue weighted by Gasteiger charge is 2.31. The van der Waals surface area contributed by atoms with E-state index in [1.54, 1.807) is 19.1 Å². The van der Waals surface area contributed by atoms with E-state index in [1.165, 1.54) is 25.3 Å². The third kappa shape index (κ3) is 3.10. The van der Waals surface area contributed by atoms with Crippen LogP contribution in [0.1, 0.15) is 41.6 Å².